The molecule has 0 bridgehead atoms. The van der Waals surface area contributed by atoms with Crippen molar-refractivity contribution in [2.75, 3.05) is 16.5 Å². The molecule has 1 aliphatic rings. The molecule has 5 nitrogen and oxygen atoms in total. The lowest BCUT2D eigenvalue weighted by Gasteiger charge is -2.27. The second-order valence-electron chi connectivity index (χ2n) is 21.6. The molecule has 0 radical (unpaired) electrons. The Labute approximate surface area is 375 Å². The van der Waals surface area contributed by atoms with Gasteiger partial charge in [-0.2, -0.15) is 0 Å². The van der Waals surface area contributed by atoms with Gasteiger partial charge in [-0.15, -0.1) is 0 Å². The van der Waals surface area contributed by atoms with E-state index in [1.54, 1.807) is 0 Å². The van der Waals surface area contributed by atoms with Crippen LogP contribution in [0.15, 0.2) is 146 Å². The van der Waals surface area contributed by atoms with Gasteiger partial charge in [-0.05, 0) is 110 Å². The number of ether oxygens (including phenoxy) is 1. The number of hydrogen-bond acceptors (Lipinski definition) is 4. The zero-order chi connectivity index (χ0) is 44.6. The highest BCUT2D eigenvalue weighted by atomic mass is 16.5. The molecule has 3 heterocycles. The van der Waals surface area contributed by atoms with Crippen molar-refractivity contribution in [3.8, 4) is 28.4 Å². The molecule has 63 heavy (non-hydrogen) atoms. The van der Waals surface area contributed by atoms with Crippen LogP contribution in [0.3, 0.4) is 0 Å². The van der Waals surface area contributed by atoms with Gasteiger partial charge in [0.05, 0.1) is 22.4 Å². The Morgan fingerprint density at radius 2 is 1.08 bits per heavy atom. The zero-order valence-corrected chi connectivity index (χ0v) is 39.3. The molecule has 0 unspecified atom stereocenters. The molecule has 2 aromatic heterocycles. The van der Waals surface area contributed by atoms with Crippen molar-refractivity contribution in [3.05, 3.63) is 168 Å². The number of nitrogens with zero attached hydrogens (tertiary/aromatic N) is 4. The first-order valence-electron chi connectivity index (χ1n) is 22.5. The summed E-state index contributed by atoms with van der Waals surface area (Å²) >= 11 is 0. The number of anilines is 4. The lowest BCUT2D eigenvalue weighted by Crippen LogP contribution is -2.25. The molecule has 0 saturated carbocycles. The van der Waals surface area contributed by atoms with Crippen molar-refractivity contribution in [2.45, 2.75) is 105 Å². The zero-order valence-electron chi connectivity index (χ0n) is 39.3. The number of fused-ring (bicyclic) bond motifs is 4. The molecule has 0 amide bonds. The fourth-order valence-corrected chi connectivity index (χ4v) is 8.89. The summed E-state index contributed by atoms with van der Waals surface area (Å²) in [5.74, 6) is 2.49. The predicted molar refractivity (Wildman–Crippen MR) is 267 cm³/mol. The van der Waals surface area contributed by atoms with Crippen LogP contribution in [0.25, 0.3) is 38.8 Å². The van der Waals surface area contributed by atoms with E-state index in [-0.39, 0.29) is 21.7 Å². The largest absolute Gasteiger partial charge is 0.457 e. The fourth-order valence-electron chi connectivity index (χ4n) is 8.89. The minimum absolute atomic E-state index is 0.00727. The molecule has 8 aromatic rings. The second-order valence-corrected chi connectivity index (χ2v) is 21.6. The van der Waals surface area contributed by atoms with E-state index in [4.69, 9.17) is 9.72 Å². The van der Waals surface area contributed by atoms with Gasteiger partial charge >= 0.3 is 0 Å². The molecule has 9 rings (SSSR count). The van der Waals surface area contributed by atoms with E-state index in [1.807, 2.05) is 6.20 Å². The highest BCUT2D eigenvalue weighted by Gasteiger charge is 2.33. The Balaban J connectivity index is 1.18. The van der Waals surface area contributed by atoms with Gasteiger partial charge in [0.15, 0.2) is 0 Å². The highest BCUT2D eigenvalue weighted by Crippen LogP contribution is 2.51. The maximum atomic E-state index is 7.04. The molecule has 0 spiro atoms. The van der Waals surface area contributed by atoms with Gasteiger partial charge in [-0.25, -0.2) is 4.98 Å². The van der Waals surface area contributed by atoms with Crippen LogP contribution >= 0.6 is 0 Å². The van der Waals surface area contributed by atoms with E-state index < -0.39 is 0 Å². The van der Waals surface area contributed by atoms with E-state index in [0.29, 0.717) is 6.67 Å². The molecular weight excluding hydrogens is 769 g/mol. The summed E-state index contributed by atoms with van der Waals surface area (Å²) in [4.78, 5) is 9.93. The molecule has 6 aromatic carbocycles. The minimum atomic E-state index is -0.131. The molecule has 0 aliphatic carbocycles. The maximum absolute atomic E-state index is 7.04. The number of para-hydroxylation sites is 1. The van der Waals surface area contributed by atoms with E-state index in [9.17, 15) is 0 Å². The van der Waals surface area contributed by atoms with Gasteiger partial charge in [0.25, 0.3) is 0 Å². The van der Waals surface area contributed by atoms with Crippen molar-refractivity contribution < 1.29 is 4.74 Å². The van der Waals surface area contributed by atoms with Gasteiger partial charge in [0, 0.05) is 46.0 Å². The van der Waals surface area contributed by atoms with Crippen LogP contribution in [0, 0.1) is 0 Å². The van der Waals surface area contributed by atoms with Gasteiger partial charge in [0.2, 0.25) is 0 Å². The van der Waals surface area contributed by atoms with Gasteiger partial charge in [-0.1, -0.05) is 150 Å². The van der Waals surface area contributed by atoms with Crippen LogP contribution in [-0.4, -0.2) is 16.2 Å². The van der Waals surface area contributed by atoms with Crippen molar-refractivity contribution in [1.82, 2.24) is 9.55 Å². The Morgan fingerprint density at radius 3 is 1.78 bits per heavy atom. The van der Waals surface area contributed by atoms with Crippen LogP contribution < -0.4 is 14.5 Å². The fraction of sp³-hybridized carbons (Fsp3) is 0.293. The van der Waals surface area contributed by atoms with Crippen LogP contribution in [0.1, 0.15) is 105 Å². The summed E-state index contributed by atoms with van der Waals surface area (Å²) < 4.78 is 9.36. The summed E-state index contributed by atoms with van der Waals surface area (Å²) in [7, 11) is 0. The Bertz CT molecular complexity index is 3000. The lowest BCUT2D eigenvalue weighted by atomic mass is 9.86. The van der Waals surface area contributed by atoms with Crippen LogP contribution in [0.4, 0.5) is 22.7 Å². The Kier molecular flexibility index (Phi) is 10.1. The van der Waals surface area contributed by atoms with E-state index >= 15 is 0 Å². The smallest absolute Gasteiger partial charge is 0.137 e. The van der Waals surface area contributed by atoms with Crippen LogP contribution in [0.2, 0.25) is 0 Å². The second kappa shape index (κ2) is 15.2. The highest BCUT2D eigenvalue weighted by molar-refractivity contribution is 6.09. The summed E-state index contributed by atoms with van der Waals surface area (Å²) in [6.07, 6.45) is 1.95. The molecule has 5 heteroatoms. The van der Waals surface area contributed by atoms with E-state index in [1.165, 1.54) is 61.2 Å². The number of rotatable bonds is 6. The summed E-state index contributed by atoms with van der Waals surface area (Å²) in [5, 5.41) is 2.37. The monoisotopic (exact) mass is 830 g/mol. The SMILES string of the molecule is CC(C)(C)c1cc(Oc2ccc3c4ccc(C(C)(C)C)cc4n(-c4cc(C(C)(C)C)ccn4)c3c2)cc(N2CN(c3cccc(C(C)(C)C)c3)c3c(-c4ccccc4)cccc32)c1. The van der Waals surface area contributed by atoms with Gasteiger partial charge < -0.3 is 14.5 Å². The molecular formula is C58H62N4O. The average Bonchev–Trinajstić information content (AvgIpc) is 3.79. The Hall–Kier alpha value is -6.33. The molecule has 320 valence electrons. The number of hydrogen-bond donors (Lipinski definition) is 0. The molecule has 1 aliphatic heterocycles. The normalized spacial score (nSPS) is 13.6. The molecule has 0 atom stereocenters. The predicted octanol–water partition coefficient (Wildman–Crippen LogP) is 16.1. The van der Waals surface area contributed by atoms with Crippen molar-refractivity contribution in [1.29, 1.82) is 0 Å². The summed E-state index contributed by atoms with van der Waals surface area (Å²) in [6.45, 7) is 27.9. The topological polar surface area (TPSA) is 33.5 Å². The van der Waals surface area contributed by atoms with Gasteiger partial charge in [-0.3, -0.25) is 4.57 Å². The quantitative estimate of drug-likeness (QED) is 0.167. The number of pyridine rings is 1. The number of benzene rings is 6. The van der Waals surface area contributed by atoms with Crippen LogP contribution in [0.5, 0.6) is 11.5 Å². The first-order chi connectivity index (χ1) is 29.7. The Morgan fingerprint density at radius 1 is 0.460 bits per heavy atom. The summed E-state index contributed by atoms with van der Waals surface area (Å²) in [6, 6.07) is 51.1. The lowest BCUT2D eigenvalue weighted by molar-refractivity contribution is 0.479. The maximum Gasteiger partial charge on any atom is 0.137 e. The third-order valence-electron chi connectivity index (χ3n) is 12.7. The number of aromatic nitrogens is 2. The third kappa shape index (κ3) is 7.99. The first kappa shape index (κ1) is 42.0. The van der Waals surface area contributed by atoms with Crippen LogP contribution in [-0.2, 0) is 21.7 Å². The van der Waals surface area contributed by atoms with Crippen molar-refractivity contribution in [2.24, 2.45) is 0 Å². The molecule has 0 N–H and O–H groups in total. The van der Waals surface area contributed by atoms with Gasteiger partial charge in [0.1, 0.15) is 24.0 Å². The van der Waals surface area contributed by atoms with E-state index in [2.05, 4.69) is 237 Å². The van der Waals surface area contributed by atoms with Crippen molar-refractivity contribution >= 4 is 44.6 Å². The minimum Gasteiger partial charge on any atom is -0.457 e. The van der Waals surface area contributed by atoms with E-state index in [0.717, 1.165) is 34.0 Å². The average molecular weight is 831 g/mol. The van der Waals surface area contributed by atoms with Crippen molar-refractivity contribution in [3.63, 3.8) is 0 Å². The first-order valence-corrected chi connectivity index (χ1v) is 22.5. The molecule has 0 fully saturated rings. The standard InChI is InChI=1S/C58H62N4O/c1-55(2,3)39-20-16-21-43(30-39)61-37-60(50-23-17-22-47(54(50)61)38-18-14-13-15-19-38)44-31-42(58(10,11)12)32-46(35-44)63-45-25-27-49-48-26-24-40(56(4,5)6)33-51(48)62(52(49)36-45)53-34-41(28-29-59-53)57(7,8)9/h13-36H,37H2,1-12H3. The summed E-state index contributed by atoms with van der Waals surface area (Å²) in [5.41, 5.74) is 14.2. The third-order valence-corrected chi connectivity index (χ3v) is 12.7. The molecule has 0 saturated heterocycles.